The lowest BCUT2D eigenvalue weighted by atomic mass is 10.1. The molecule has 0 aromatic heterocycles. The minimum atomic E-state index is -0.529. The van der Waals surface area contributed by atoms with E-state index < -0.39 is 11.8 Å². The molecule has 40 heavy (non-hydrogen) atoms. The van der Waals surface area contributed by atoms with Gasteiger partial charge in [0.2, 0.25) is 0 Å². The van der Waals surface area contributed by atoms with Crippen LogP contribution in [0.5, 0.6) is 5.75 Å². The van der Waals surface area contributed by atoms with Gasteiger partial charge in [-0.25, -0.2) is 0 Å². The van der Waals surface area contributed by atoms with Crippen LogP contribution in [0.25, 0.3) is 12.2 Å². The van der Waals surface area contributed by atoms with Crippen molar-refractivity contribution in [1.29, 1.82) is 0 Å². The van der Waals surface area contributed by atoms with Crippen molar-refractivity contribution in [3.05, 3.63) is 142 Å². The number of hydrogen-bond donors (Lipinski definition) is 2. The average Bonchev–Trinajstić information content (AvgIpc) is 2.97. The molecule has 0 bridgehead atoms. The van der Waals surface area contributed by atoms with Gasteiger partial charge in [0.05, 0.1) is 6.61 Å². The van der Waals surface area contributed by atoms with Crippen molar-refractivity contribution in [3.8, 4) is 5.75 Å². The van der Waals surface area contributed by atoms with Crippen LogP contribution in [0.1, 0.15) is 38.8 Å². The molecule has 200 valence electrons. The molecule has 0 spiro atoms. The number of benzene rings is 4. The van der Waals surface area contributed by atoms with E-state index in [1.54, 1.807) is 91.0 Å². The van der Waals surface area contributed by atoms with Gasteiger partial charge in [-0.15, -0.1) is 0 Å². The molecule has 2 N–H and O–H groups in total. The van der Waals surface area contributed by atoms with Gasteiger partial charge in [-0.1, -0.05) is 60.1 Å². The van der Waals surface area contributed by atoms with Crippen molar-refractivity contribution in [3.63, 3.8) is 0 Å². The Morgan fingerprint density at radius 2 is 1.52 bits per heavy atom. The molecule has 4 aromatic carbocycles. The number of ketones is 1. The largest absolute Gasteiger partial charge is 0.494 e. The zero-order valence-corrected chi connectivity index (χ0v) is 22.5. The van der Waals surface area contributed by atoms with Crippen LogP contribution in [0, 0.1) is 0 Å². The van der Waals surface area contributed by atoms with Gasteiger partial charge in [-0.3, -0.25) is 14.4 Å². The van der Waals surface area contributed by atoms with Crippen LogP contribution >= 0.6 is 11.6 Å². The fraction of sp³-hybridized carbons (Fsp3) is 0.0606. The first-order valence-electron chi connectivity index (χ1n) is 12.6. The highest BCUT2D eigenvalue weighted by Crippen LogP contribution is 2.17. The van der Waals surface area contributed by atoms with Crippen LogP contribution in [-0.4, -0.2) is 24.2 Å². The number of halogens is 1. The van der Waals surface area contributed by atoms with Crippen molar-refractivity contribution in [1.82, 2.24) is 5.32 Å². The molecule has 4 rings (SSSR count). The molecule has 0 radical (unpaired) electrons. The van der Waals surface area contributed by atoms with Crippen LogP contribution in [-0.2, 0) is 4.79 Å². The van der Waals surface area contributed by atoms with E-state index in [4.69, 9.17) is 16.3 Å². The quantitative estimate of drug-likeness (QED) is 0.164. The van der Waals surface area contributed by atoms with Crippen LogP contribution < -0.4 is 15.4 Å². The Morgan fingerprint density at radius 3 is 2.20 bits per heavy atom. The summed E-state index contributed by atoms with van der Waals surface area (Å²) in [4.78, 5) is 38.6. The fourth-order valence-corrected chi connectivity index (χ4v) is 3.93. The Hall–Kier alpha value is -4.94. The lowest BCUT2D eigenvalue weighted by molar-refractivity contribution is -0.113. The molecule has 0 unspecified atom stereocenters. The maximum Gasteiger partial charge on any atom is 0.272 e. The number of ether oxygens (including phenoxy) is 1. The van der Waals surface area contributed by atoms with Crippen molar-refractivity contribution in [2.24, 2.45) is 0 Å². The van der Waals surface area contributed by atoms with Gasteiger partial charge in [-0.2, -0.15) is 0 Å². The Labute approximate surface area is 238 Å². The monoisotopic (exact) mass is 550 g/mol. The molecule has 0 fully saturated rings. The van der Waals surface area contributed by atoms with E-state index in [2.05, 4.69) is 10.6 Å². The second kappa shape index (κ2) is 13.7. The fourth-order valence-electron chi connectivity index (χ4n) is 3.73. The Kier molecular flexibility index (Phi) is 9.64. The maximum absolute atomic E-state index is 13.2. The summed E-state index contributed by atoms with van der Waals surface area (Å²) in [5.41, 5.74) is 2.89. The number of hydrogen-bond acceptors (Lipinski definition) is 4. The number of carbonyl (C=O) groups excluding carboxylic acids is 3. The van der Waals surface area contributed by atoms with E-state index in [0.29, 0.717) is 34.0 Å². The minimum Gasteiger partial charge on any atom is -0.494 e. The molecule has 0 aliphatic heterocycles. The first kappa shape index (κ1) is 28.1. The van der Waals surface area contributed by atoms with E-state index in [0.717, 1.165) is 11.3 Å². The predicted molar refractivity (Wildman–Crippen MR) is 159 cm³/mol. The number of anilines is 1. The molecular weight excluding hydrogens is 524 g/mol. The van der Waals surface area contributed by atoms with Crippen LogP contribution in [0.4, 0.5) is 5.69 Å². The molecule has 2 amide bonds. The summed E-state index contributed by atoms with van der Waals surface area (Å²) in [5, 5.41) is 5.97. The summed E-state index contributed by atoms with van der Waals surface area (Å²) in [6.45, 7) is 2.51. The molecule has 0 heterocycles. The van der Waals surface area contributed by atoms with E-state index >= 15 is 0 Å². The molecular formula is C33H27ClN2O4. The van der Waals surface area contributed by atoms with Gasteiger partial charge < -0.3 is 15.4 Å². The van der Waals surface area contributed by atoms with Gasteiger partial charge in [0.25, 0.3) is 11.8 Å². The average molecular weight is 551 g/mol. The van der Waals surface area contributed by atoms with Gasteiger partial charge >= 0.3 is 0 Å². The van der Waals surface area contributed by atoms with Gasteiger partial charge in [0.1, 0.15) is 11.4 Å². The van der Waals surface area contributed by atoms with E-state index in [-0.39, 0.29) is 11.5 Å². The third-order valence-corrected chi connectivity index (χ3v) is 5.97. The minimum absolute atomic E-state index is 0.0366. The van der Waals surface area contributed by atoms with Gasteiger partial charge in [-0.05, 0) is 90.9 Å². The Morgan fingerprint density at radius 1 is 0.800 bits per heavy atom. The number of carbonyl (C=O) groups is 3. The maximum atomic E-state index is 13.2. The second-order valence-corrected chi connectivity index (χ2v) is 9.10. The second-order valence-electron chi connectivity index (χ2n) is 8.66. The lowest BCUT2D eigenvalue weighted by Gasteiger charge is -2.12. The highest BCUT2D eigenvalue weighted by atomic mass is 35.5. The number of allylic oxidation sites excluding steroid dienone is 1. The number of amides is 2. The standard InChI is InChI=1S/C33H27ClN2O4/c1-2-40-29-18-11-23(12-19-29)13-20-31(37)25-14-16-28(17-15-25)35-33(39)30(22-24-7-6-10-27(34)21-24)36-32(38)26-8-4-3-5-9-26/h3-22H,2H2,1H3,(H,35,39)(H,36,38)/b20-13+,30-22-. The smallest absolute Gasteiger partial charge is 0.272 e. The summed E-state index contributed by atoms with van der Waals surface area (Å²) in [6.07, 6.45) is 4.77. The molecule has 6 nitrogen and oxygen atoms in total. The van der Waals surface area contributed by atoms with Gasteiger partial charge in [0, 0.05) is 21.8 Å². The van der Waals surface area contributed by atoms with Crippen LogP contribution in [0.15, 0.2) is 115 Å². The highest BCUT2D eigenvalue weighted by Gasteiger charge is 2.15. The van der Waals surface area contributed by atoms with Crippen LogP contribution in [0.3, 0.4) is 0 Å². The summed E-state index contributed by atoms with van der Waals surface area (Å²) in [5.74, 6) is -0.361. The van der Waals surface area contributed by atoms with E-state index in [1.165, 1.54) is 6.08 Å². The third-order valence-electron chi connectivity index (χ3n) is 5.73. The summed E-state index contributed by atoms with van der Waals surface area (Å²) < 4.78 is 5.43. The van der Waals surface area contributed by atoms with Crippen molar-refractivity contribution < 1.29 is 19.1 Å². The summed E-state index contributed by atoms with van der Waals surface area (Å²) in [6, 6.07) is 29.5. The molecule has 0 aliphatic carbocycles. The SMILES string of the molecule is CCOc1ccc(/C=C/C(=O)c2ccc(NC(=O)/C(=C/c3cccc(Cl)c3)NC(=O)c3ccccc3)cc2)cc1. The van der Waals surface area contributed by atoms with Crippen LogP contribution in [0.2, 0.25) is 5.02 Å². The number of rotatable bonds is 10. The normalized spacial score (nSPS) is 11.2. The zero-order valence-electron chi connectivity index (χ0n) is 21.8. The molecule has 0 aliphatic rings. The molecule has 0 saturated carbocycles. The topological polar surface area (TPSA) is 84.5 Å². The highest BCUT2D eigenvalue weighted by molar-refractivity contribution is 6.30. The van der Waals surface area contributed by atoms with Crippen molar-refractivity contribution in [2.45, 2.75) is 6.92 Å². The first-order valence-corrected chi connectivity index (χ1v) is 13.0. The zero-order chi connectivity index (χ0) is 28.3. The lowest BCUT2D eigenvalue weighted by Crippen LogP contribution is -2.30. The molecule has 0 saturated heterocycles. The Balaban J connectivity index is 1.46. The summed E-state index contributed by atoms with van der Waals surface area (Å²) >= 11 is 6.10. The molecule has 0 atom stereocenters. The van der Waals surface area contributed by atoms with E-state index in [9.17, 15) is 14.4 Å². The van der Waals surface area contributed by atoms with Crippen molar-refractivity contribution in [2.75, 3.05) is 11.9 Å². The molecule has 4 aromatic rings. The summed E-state index contributed by atoms with van der Waals surface area (Å²) in [7, 11) is 0. The Bertz CT molecular complexity index is 1540. The first-order chi connectivity index (χ1) is 19.4. The van der Waals surface area contributed by atoms with Crippen molar-refractivity contribution >= 4 is 47.0 Å². The number of nitrogens with one attached hydrogen (secondary N) is 2. The molecule has 7 heteroatoms. The predicted octanol–water partition coefficient (Wildman–Crippen LogP) is 7.04. The third kappa shape index (κ3) is 8.03. The van der Waals surface area contributed by atoms with E-state index in [1.807, 2.05) is 31.2 Å². The van der Waals surface area contributed by atoms with Gasteiger partial charge in [0.15, 0.2) is 5.78 Å².